The van der Waals surface area contributed by atoms with Crippen LogP contribution in [0.5, 0.6) is 0 Å². The molecule has 1 rings (SSSR count). The molecule has 1 heterocycles. The molecule has 0 spiro atoms. The minimum Gasteiger partial charge on any atom is -0.457 e. The summed E-state index contributed by atoms with van der Waals surface area (Å²) < 4.78 is 47.1. The molecule has 8 heteroatoms. The lowest BCUT2D eigenvalue weighted by Gasteiger charge is -2.29. The van der Waals surface area contributed by atoms with Gasteiger partial charge in [0.05, 0.1) is 4.91 Å². The van der Waals surface area contributed by atoms with Crippen LogP contribution in [0, 0.1) is 0 Å². The number of ether oxygens (including phenoxy) is 2. The van der Waals surface area contributed by atoms with Gasteiger partial charge in [-0.2, -0.15) is 13.2 Å². The fraction of sp³-hybridized carbons (Fsp3) is 0.600. The van der Waals surface area contributed by atoms with Crippen LogP contribution in [0.15, 0.2) is 11.0 Å². The van der Waals surface area contributed by atoms with E-state index in [1.807, 2.05) is 0 Å². The second kappa shape index (κ2) is 5.64. The van der Waals surface area contributed by atoms with Gasteiger partial charge in [0.15, 0.2) is 12.2 Å². The molecule has 102 valence electrons. The maximum absolute atomic E-state index is 12.5. The number of hydrogen-bond donors (Lipinski definition) is 0. The fourth-order valence-electron chi connectivity index (χ4n) is 1.36. The Kier molecular flexibility index (Phi) is 4.66. The standard InChI is InChI=1S/C10H11F3O4S/c1-5(14)16-7-3-9(10(11,12)13)18-4-8(7)17-6(2)15/h3,7-8H,4H2,1-2H3/t7-,8-/m1/s1. The molecule has 0 aliphatic carbocycles. The van der Waals surface area contributed by atoms with Crippen molar-refractivity contribution in [1.82, 2.24) is 0 Å². The minimum atomic E-state index is -4.50. The average Bonchev–Trinajstić information content (AvgIpc) is 2.17. The molecule has 0 unspecified atom stereocenters. The van der Waals surface area contributed by atoms with E-state index in [1.54, 1.807) is 0 Å². The Hall–Kier alpha value is -1.18. The van der Waals surface area contributed by atoms with Crippen molar-refractivity contribution in [3.63, 3.8) is 0 Å². The zero-order valence-electron chi connectivity index (χ0n) is 9.61. The number of thioether (sulfide) groups is 1. The van der Waals surface area contributed by atoms with Crippen LogP contribution in [0.4, 0.5) is 13.2 Å². The predicted octanol–water partition coefficient (Wildman–Crippen LogP) is 2.04. The molecule has 2 atom stereocenters. The third-order valence-corrected chi connectivity index (χ3v) is 3.16. The average molecular weight is 284 g/mol. The van der Waals surface area contributed by atoms with Gasteiger partial charge in [0.1, 0.15) is 0 Å². The SMILES string of the molecule is CC(=O)O[C@@H]1C=C(C(F)(F)F)SC[C@H]1OC(C)=O. The lowest BCUT2D eigenvalue weighted by Crippen LogP contribution is -2.38. The quantitative estimate of drug-likeness (QED) is 0.726. The van der Waals surface area contributed by atoms with Crippen molar-refractivity contribution in [3.05, 3.63) is 11.0 Å². The molecule has 4 nitrogen and oxygen atoms in total. The Morgan fingerprint density at radius 2 is 1.83 bits per heavy atom. The van der Waals surface area contributed by atoms with E-state index in [2.05, 4.69) is 0 Å². The van der Waals surface area contributed by atoms with Gasteiger partial charge in [-0.05, 0) is 6.08 Å². The molecule has 0 saturated carbocycles. The first-order valence-corrected chi connectivity index (χ1v) is 5.95. The topological polar surface area (TPSA) is 52.6 Å². The van der Waals surface area contributed by atoms with Crippen LogP contribution in [-0.2, 0) is 19.1 Å². The molecule has 0 aromatic heterocycles. The Balaban J connectivity index is 2.89. The molecule has 0 saturated heterocycles. The molecule has 0 bridgehead atoms. The van der Waals surface area contributed by atoms with E-state index in [-0.39, 0.29) is 5.75 Å². The largest absolute Gasteiger partial charge is 0.457 e. The number of hydrogen-bond acceptors (Lipinski definition) is 5. The number of rotatable bonds is 2. The van der Waals surface area contributed by atoms with Crippen molar-refractivity contribution in [2.75, 3.05) is 5.75 Å². The van der Waals surface area contributed by atoms with Crippen LogP contribution >= 0.6 is 11.8 Å². The second-order valence-electron chi connectivity index (χ2n) is 3.56. The first-order chi connectivity index (χ1) is 8.20. The highest BCUT2D eigenvalue weighted by molar-refractivity contribution is 8.03. The van der Waals surface area contributed by atoms with Gasteiger partial charge >= 0.3 is 18.1 Å². The van der Waals surface area contributed by atoms with Crippen molar-refractivity contribution in [3.8, 4) is 0 Å². The van der Waals surface area contributed by atoms with Gasteiger partial charge in [-0.15, -0.1) is 11.8 Å². The normalized spacial score (nSPS) is 24.2. The summed E-state index contributed by atoms with van der Waals surface area (Å²) >= 11 is 0.519. The summed E-state index contributed by atoms with van der Waals surface area (Å²) in [6.45, 7) is 2.21. The van der Waals surface area contributed by atoms with Crippen molar-refractivity contribution in [1.29, 1.82) is 0 Å². The summed E-state index contributed by atoms with van der Waals surface area (Å²) in [5.41, 5.74) is 0. The summed E-state index contributed by atoms with van der Waals surface area (Å²) in [6, 6.07) is 0. The van der Waals surface area contributed by atoms with Crippen LogP contribution in [0.1, 0.15) is 13.8 Å². The first kappa shape index (κ1) is 14.9. The van der Waals surface area contributed by atoms with Gasteiger partial charge in [-0.1, -0.05) is 0 Å². The molecule has 1 aliphatic heterocycles. The Morgan fingerprint density at radius 1 is 1.28 bits per heavy atom. The van der Waals surface area contributed by atoms with Crippen molar-refractivity contribution in [2.24, 2.45) is 0 Å². The van der Waals surface area contributed by atoms with E-state index in [1.165, 1.54) is 0 Å². The van der Waals surface area contributed by atoms with Gasteiger partial charge < -0.3 is 9.47 Å². The molecular formula is C10H11F3O4S. The maximum atomic E-state index is 12.5. The van der Waals surface area contributed by atoms with Crippen molar-refractivity contribution < 1.29 is 32.2 Å². The van der Waals surface area contributed by atoms with E-state index in [4.69, 9.17) is 9.47 Å². The summed E-state index contributed by atoms with van der Waals surface area (Å²) in [7, 11) is 0. The van der Waals surface area contributed by atoms with Crippen LogP contribution < -0.4 is 0 Å². The summed E-state index contributed by atoms with van der Waals surface area (Å²) in [4.78, 5) is 20.8. The van der Waals surface area contributed by atoms with Crippen LogP contribution in [0.25, 0.3) is 0 Å². The van der Waals surface area contributed by atoms with Gasteiger partial charge in [-0.3, -0.25) is 9.59 Å². The highest BCUT2D eigenvalue weighted by Crippen LogP contribution is 2.39. The molecule has 1 aliphatic rings. The smallest absolute Gasteiger partial charge is 0.422 e. The summed E-state index contributed by atoms with van der Waals surface area (Å²) in [6.07, 6.45) is -5.83. The van der Waals surface area contributed by atoms with E-state index in [0.717, 1.165) is 19.9 Å². The molecule has 0 aromatic carbocycles. The zero-order valence-corrected chi connectivity index (χ0v) is 10.4. The van der Waals surface area contributed by atoms with Crippen LogP contribution in [0.3, 0.4) is 0 Å². The first-order valence-electron chi connectivity index (χ1n) is 4.96. The maximum Gasteiger partial charge on any atom is 0.422 e. The summed E-state index contributed by atoms with van der Waals surface area (Å²) in [5, 5.41) is 0. The van der Waals surface area contributed by atoms with Gasteiger partial charge in [-0.25, -0.2) is 0 Å². The number of halogens is 3. The predicted molar refractivity (Wildman–Crippen MR) is 57.7 cm³/mol. The van der Waals surface area contributed by atoms with Gasteiger partial charge in [0, 0.05) is 19.6 Å². The van der Waals surface area contributed by atoms with Crippen molar-refractivity contribution >= 4 is 23.7 Å². The van der Waals surface area contributed by atoms with Crippen LogP contribution in [0.2, 0.25) is 0 Å². The molecule has 0 aromatic rings. The van der Waals surface area contributed by atoms with Gasteiger partial charge in [0.2, 0.25) is 0 Å². The third-order valence-electron chi connectivity index (χ3n) is 1.98. The Labute approximate surface area is 105 Å². The summed E-state index contributed by atoms with van der Waals surface area (Å²) in [5.74, 6) is -1.48. The van der Waals surface area contributed by atoms with E-state index in [9.17, 15) is 22.8 Å². The monoisotopic (exact) mass is 284 g/mol. The Bertz CT molecular complexity index is 378. The number of alkyl halides is 3. The van der Waals surface area contributed by atoms with Crippen LogP contribution in [-0.4, -0.2) is 36.1 Å². The number of allylic oxidation sites excluding steroid dienone is 1. The highest BCUT2D eigenvalue weighted by Gasteiger charge is 2.41. The molecule has 0 N–H and O–H groups in total. The number of esters is 2. The van der Waals surface area contributed by atoms with Gasteiger partial charge in [0.25, 0.3) is 0 Å². The molecular weight excluding hydrogens is 273 g/mol. The number of carbonyl (C=O) groups excluding carboxylic acids is 2. The molecule has 18 heavy (non-hydrogen) atoms. The minimum absolute atomic E-state index is 0.108. The van der Waals surface area contributed by atoms with Crippen molar-refractivity contribution in [2.45, 2.75) is 32.2 Å². The molecule has 0 radical (unpaired) electrons. The highest BCUT2D eigenvalue weighted by atomic mass is 32.2. The number of carbonyl (C=O) groups is 2. The molecule has 0 fully saturated rings. The molecule has 0 amide bonds. The fourth-order valence-corrected chi connectivity index (χ4v) is 2.36. The second-order valence-corrected chi connectivity index (χ2v) is 4.62. The lowest BCUT2D eigenvalue weighted by atomic mass is 10.2. The third kappa shape index (κ3) is 4.25. The van der Waals surface area contributed by atoms with E-state index < -0.39 is 35.2 Å². The zero-order chi connectivity index (χ0) is 13.9. The van der Waals surface area contributed by atoms with E-state index in [0.29, 0.717) is 11.8 Å². The lowest BCUT2D eigenvalue weighted by molar-refractivity contribution is -0.160. The van der Waals surface area contributed by atoms with E-state index >= 15 is 0 Å². The Morgan fingerprint density at radius 3 is 2.28 bits per heavy atom.